The van der Waals surface area contributed by atoms with Gasteiger partial charge in [0.15, 0.2) is 0 Å². The Labute approximate surface area is 136 Å². The molecule has 23 heavy (non-hydrogen) atoms. The zero-order valence-corrected chi connectivity index (χ0v) is 13.3. The number of benzene rings is 2. The Morgan fingerprint density at radius 3 is 2.17 bits per heavy atom. The second-order valence-electron chi connectivity index (χ2n) is 5.45. The van der Waals surface area contributed by atoms with Crippen molar-refractivity contribution in [2.24, 2.45) is 5.73 Å². The second-order valence-corrected chi connectivity index (χ2v) is 5.45. The summed E-state index contributed by atoms with van der Waals surface area (Å²) >= 11 is 0. The fraction of sp³-hybridized carbons (Fsp3) is 0.222. The maximum atomic E-state index is 12.1. The van der Waals surface area contributed by atoms with Crippen LogP contribution in [0.15, 0.2) is 54.6 Å². The Balaban J connectivity index is 1.92. The fourth-order valence-corrected chi connectivity index (χ4v) is 2.18. The third-order valence-corrected chi connectivity index (χ3v) is 3.81. The highest BCUT2D eigenvalue weighted by atomic mass is 16.2. The molecule has 0 spiro atoms. The minimum Gasteiger partial charge on any atom is -0.370 e. The number of amides is 2. The number of likely N-dealkylation sites (N-methyl/N-ethyl adjacent to an activating group) is 1. The lowest BCUT2D eigenvalue weighted by Crippen LogP contribution is -2.40. The molecule has 0 heterocycles. The van der Waals surface area contributed by atoms with E-state index < -0.39 is 5.91 Å². The van der Waals surface area contributed by atoms with Crippen molar-refractivity contribution in [2.75, 3.05) is 18.5 Å². The third kappa shape index (κ3) is 4.32. The molecule has 2 aromatic rings. The summed E-state index contributed by atoms with van der Waals surface area (Å²) in [6, 6.07) is 16.4. The minimum absolute atomic E-state index is 0.145. The Morgan fingerprint density at radius 2 is 1.61 bits per heavy atom. The lowest BCUT2D eigenvalue weighted by molar-refractivity contribution is 0.0949. The van der Waals surface area contributed by atoms with Crippen molar-refractivity contribution in [2.45, 2.75) is 13.0 Å². The fourth-order valence-electron chi connectivity index (χ4n) is 2.18. The summed E-state index contributed by atoms with van der Waals surface area (Å²) in [7, 11) is 1.99. The molecule has 0 saturated heterocycles. The van der Waals surface area contributed by atoms with Crippen LogP contribution in [0.5, 0.6) is 0 Å². The van der Waals surface area contributed by atoms with E-state index in [1.165, 1.54) is 0 Å². The second kappa shape index (κ2) is 7.45. The van der Waals surface area contributed by atoms with Crippen LogP contribution < -0.4 is 16.0 Å². The SMILES string of the molecule is CC(CNC(=O)c1ccc(C(N)=O)cc1)N(C)c1ccccc1. The Kier molecular flexibility index (Phi) is 5.36. The normalized spacial score (nSPS) is 11.6. The summed E-state index contributed by atoms with van der Waals surface area (Å²) in [5.74, 6) is -0.676. The van der Waals surface area contributed by atoms with Crippen LogP contribution in [0.25, 0.3) is 0 Å². The number of nitrogens with zero attached hydrogens (tertiary/aromatic N) is 1. The predicted molar refractivity (Wildman–Crippen MR) is 91.6 cm³/mol. The summed E-state index contributed by atoms with van der Waals surface area (Å²) in [6.45, 7) is 2.56. The monoisotopic (exact) mass is 311 g/mol. The number of para-hydroxylation sites is 1. The molecule has 5 nitrogen and oxygen atoms in total. The van der Waals surface area contributed by atoms with Crippen LogP contribution in [0.3, 0.4) is 0 Å². The van der Waals surface area contributed by atoms with Gasteiger partial charge in [-0.15, -0.1) is 0 Å². The molecule has 1 unspecified atom stereocenters. The zero-order chi connectivity index (χ0) is 16.8. The molecule has 3 N–H and O–H groups in total. The van der Waals surface area contributed by atoms with Gasteiger partial charge in [0.05, 0.1) is 0 Å². The number of rotatable bonds is 6. The topological polar surface area (TPSA) is 75.4 Å². The van der Waals surface area contributed by atoms with Crippen LogP contribution in [0.1, 0.15) is 27.6 Å². The molecule has 0 bridgehead atoms. The molecule has 2 aromatic carbocycles. The molecule has 2 rings (SSSR count). The van der Waals surface area contributed by atoms with Crippen molar-refractivity contribution in [3.8, 4) is 0 Å². The average Bonchev–Trinajstić information content (AvgIpc) is 2.59. The molecule has 120 valence electrons. The van der Waals surface area contributed by atoms with Crippen LogP contribution in [-0.4, -0.2) is 31.4 Å². The molecule has 1 atom stereocenters. The number of hydrogen-bond acceptors (Lipinski definition) is 3. The first-order valence-electron chi connectivity index (χ1n) is 7.45. The average molecular weight is 311 g/mol. The van der Waals surface area contributed by atoms with Gasteiger partial charge >= 0.3 is 0 Å². The molecule has 0 saturated carbocycles. The quantitative estimate of drug-likeness (QED) is 0.857. The maximum absolute atomic E-state index is 12.1. The molecule has 0 aliphatic heterocycles. The van der Waals surface area contributed by atoms with Crippen LogP contribution in [0.2, 0.25) is 0 Å². The largest absolute Gasteiger partial charge is 0.370 e. The van der Waals surface area contributed by atoms with Crippen molar-refractivity contribution in [1.82, 2.24) is 5.32 Å². The van der Waals surface area contributed by atoms with Gasteiger partial charge in [-0.2, -0.15) is 0 Å². The van der Waals surface area contributed by atoms with Gasteiger partial charge in [-0.05, 0) is 43.3 Å². The van der Waals surface area contributed by atoms with Gasteiger partial charge in [0.1, 0.15) is 0 Å². The highest BCUT2D eigenvalue weighted by molar-refractivity contribution is 5.97. The van der Waals surface area contributed by atoms with Crippen molar-refractivity contribution in [3.05, 3.63) is 65.7 Å². The molecule has 0 aliphatic carbocycles. The van der Waals surface area contributed by atoms with Crippen molar-refractivity contribution < 1.29 is 9.59 Å². The van der Waals surface area contributed by atoms with Gasteiger partial charge < -0.3 is 16.0 Å². The van der Waals surface area contributed by atoms with E-state index in [0.29, 0.717) is 17.7 Å². The van der Waals surface area contributed by atoms with E-state index in [1.807, 2.05) is 44.3 Å². The van der Waals surface area contributed by atoms with Gasteiger partial charge in [0.2, 0.25) is 5.91 Å². The van der Waals surface area contributed by atoms with E-state index in [2.05, 4.69) is 10.2 Å². The Hall–Kier alpha value is -2.82. The molecule has 0 aliphatic rings. The lowest BCUT2D eigenvalue weighted by Gasteiger charge is -2.27. The van der Waals surface area contributed by atoms with E-state index in [4.69, 9.17) is 5.73 Å². The van der Waals surface area contributed by atoms with E-state index in [9.17, 15) is 9.59 Å². The Bertz CT molecular complexity index is 668. The maximum Gasteiger partial charge on any atom is 0.251 e. The Morgan fingerprint density at radius 1 is 1.04 bits per heavy atom. The molecule has 0 aromatic heterocycles. The molecule has 5 heteroatoms. The van der Waals surface area contributed by atoms with Crippen molar-refractivity contribution >= 4 is 17.5 Å². The van der Waals surface area contributed by atoms with Crippen LogP contribution in [0.4, 0.5) is 5.69 Å². The minimum atomic E-state index is -0.505. The van der Waals surface area contributed by atoms with Gasteiger partial charge in [-0.1, -0.05) is 18.2 Å². The standard InChI is InChI=1S/C18H21N3O2/c1-13(21(2)16-6-4-3-5-7-16)12-20-18(23)15-10-8-14(9-11-15)17(19)22/h3-11,13H,12H2,1-2H3,(H2,19,22)(H,20,23). The van der Waals surface area contributed by atoms with Crippen LogP contribution >= 0.6 is 0 Å². The molecule has 0 radical (unpaired) electrons. The first-order chi connectivity index (χ1) is 11.0. The number of anilines is 1. The predicted octanol–water partition coefficient (Wildman–Crippen LogP) is 2.04. The summed E-state index contributed by atoms with van der Waals surface area (Å²) in [5.41, 5.74) is 7.17. The van der Waals surface area contributed by atoms with Crippen molar-refractivity contribution in [3.63, 3.8) is 0 Å². The number of hydrogen-bond donors (Lipinski definition) is 2. The van der Waals surface area contributed by atoms with Gasteiger partial charge in [0, 0.05) is 36.4 Å². The highest BCUT2D eigenvalue weighted by Crippen LogP contribution is 2.13. The summed E-state index contributed by atoms with van der Waals surface area (Å²) in [6.07, 6.45) is 0. The molecule has 0 fully saturated rings. The summed E-state index contributed by atoms with van der Waals surface area (Å²) < 4.78 is 0. The first kappa shape index (κ1) is 16.5. The zero-order valence-electron chi connectivity index (χ0n) is 13.3. The highest BCUT2D eigenvalue weighted by Gasteiger charge is 2.12. The molecule has 2 amide bonds. The number of primary amides is 1. The van der Waals surface area contributed by atoms with E-state index in [0.717, 1.165) is 5.69 Å². The van der Waals surface area contributed by atoms with Gasteiger partial charge in [-0.3, -0.25) is 9.59 Å². The van der Waals surface area contributed by atoms with Gasteiger partial charge in [0.25, 0.3) is 5.91 Å². The van der Waals surface area contributed by atoms with Gasteiger partial charge in [-0.25, -0.2) is 0 Å². The molecular formula is C18H21N3O2. The smallest absolute Gasteiger partial charge is 0.251 e. The number of nitrogens with two attached hydrogens (primary N) is 1. The number of nitrogens with one attached hydrogen (secondary N) is 1. The number of carbonyl (C=O) groups excluding carboxylic acids is 2. The van der Waals surface area contributed by atoms with Crippen LogP contribution in [0, 0.1) is 0 Å². The number of carbonyl (C=O) groups is 2. The van der Waals surface area contributed by atoms with Crippen LogP contribution in [-0.2, 0) is 0 Å². The van der Waals surface area contributed by atoms with E-state index in [-0.39, 0.29) is 11.9 Å². The third-order valence-electron chi connectivity index (χ3n) is 3.81. The summed E-state index contributed by atoms with van der Waals surface area (Å²) in [5, 5.41) is 2.90. The van der Waals surface area contributed by atoms with E-state index >= 15 is 0 Å². The molecular weight excluding hydrogens is 290 g/mol. The summed E-state index contributed by atoms with van der Waals surface area (Å²) in [4.78, 5) is 25.3. The van der Waals surface area contributed by atoms with E-state index in [1.54, 1.807) is 24.3 Å². The van der Waals surface area contributed by atoms with Crippen molar-refractivity contribution in [1.29, 1.82) is 0 Å². The first-order valence-corrected chi connectivity index (χ1v) is 7.45. The lowest BCUT2D eigenvalue weighted by atomic mass is 10.1.